The number of pyridine rings is 1. The van der Waals surface area contributed by atoms with Gasteiger partial charge in [0, 0.05) is 29.7 Å². The molecule has 0 aromatic carbocycles. The number of ether oxygens (including phenoxy) is 1. The van der Waals surface area contributed by atoms with Crippen LogP contribution < -0.4 is 10.1 Å². The van der Waals surface area contributed by atoms with Crippen molar-refractivity contribution in [2.45, 2.75) is 33.3 Å². The summed E-state index contributed by atoms with van der Waals surface area (Å²) < 4.78 is 6.74. The van der Waals surface area contributed by atoms with Crippen LogP contribution in [0.15, 0.2) is 22.8 Å². The van der Waals surface area contributed by atoms with Crippen molar-refractivity contribution >= 4 is 22.0 Å². The number of aromatic nitrogens is 1. The highest BCUT2D eigenvalue weighted by Crippen LogP contribution is 2.26. The van der Waals surface area contributed by atoms with Gasteiger partial charge in [-0.3, -0.25) is 0 Å². The third kappa shape index (κ3) is 5.92. The molecule has 1 heterocycles. The van der Waals surface area contributed by atoms with E-state index in [0.29, 0.717) is 18.8 Å². The molecule has 1 atom stereocenters. The minimum Gasteiger partial charge on any atom is -0.474 e. The van der Waals surface area contributed by atoms with E-state index in [-0.39, 0.29) is 11.5 Å². The molecule has 106 valence electrons. The summed E-state index contributed by atoms with van der Waals surface area (Å²) in [7, 11) is 0. The molecule has 1 aromatic heterocycles. The van der Waals surface area contributed by atoms with Crippen LogP contribution in [0.5, 0.6) is 5.88 Å². The van der Waals surface area contributed by atoms with Gasteiger partial charge < -0.3 is 15.2 Å². The number of hydrogen-bond donors (Lipinski definition) is 2. The molecule has 1 rings (SSSR count). The van der Waals surface area contributed by atoms with E-state index in [2.05, 4.69) is 47.0 Å². The molecule has 2 N–H and O–H groups in total. The summed E-state index contributed by atoms with van der Waals surface area (Å²) in [5.74, 6) is 0.540. The van der Waals surface area contributed by atoms with Gasteiger partial charge in [-0.1, -0.05) is 20.8 Å². The van der Waals surface area contributed by atoms with Crippen LogP contribution in [0.4, 0.5) is 4.79 Å². The number of halogens is 1. The average Bonchev–Trinajstić information content (AvgIpc) is 2.28. The summed E-state index contributed by atoms with van der Waals surface area (Å²) in [5, 5.41) is 10.9. The second-order valence-electron chi connectivity index (χ2n) is 5.31. The lowest BCUT2D eigenvalue weighted by atomic mass is 9.87. The first-order valence-electron chi connectivity index (χ1n) is 6.04. The van der Waals surface area contributed by atoms with Gasteiger partial charge in [-0.25, -0.2) is 9.78 Å². The van der Waals surface area contributed by atoms with E-state index in [1.165, 1.54) is 0 Å². The molecule has 6 heteroatoms. The lowest BCUT2D eigenvalue weighted by Crippen LogP contribution is -2.36. The van der Waals surface area contributed by atoms with Crippen LogP contribution in [0.3, 0.4) is 0 Å². The minimum absolute atomic E-state index is 0.102. The molecule has 1 aromatic rings. The highest BCUT2D eigenvalue weighted by atomic mass is 79.9. The minimum atomic E-state index is -1.02. The monoisotopic (exact) mass is 330 g/mol. The Balaban J connectivity index is 2.64. The lowest BCUT2D eigenvalue weighted by molar-refractivity contribution is 0.0743. The van der Waals surface area contributed by atoms with Crippen molar-refractivity contribution < 1.29 is 14.6 Å². The first-order chi connectivity index (χ1) is 8.79. The number of carboxylic acid groups (broad SMARTS) is 1. The van der Waals surface area contributed by atoms with E-state index in [1.807, 2.05) is 6.07 Å². The topological polar surface area (TPSA) is 71.5 Å². The number of amides is 1. The normalized spacial score (nSPS) is 12.8. The van der Waals surface area contributed by atoms with Gasteiger partial charge in [-0.2, -0.15) is 0 Å². The fourth-order valence-corrected chi connectivity index (χ4v) is 1.79. The van der Waals surface area contributed by atoms with Gasteiger partial charge in [0.25, 0.3) is 0 Å². The third-order valence-corrected chi connectivity index (χ3v) is 3.08. The first-order valence-corrected chi connectivity index (χ1v) is 6.83. The molecule has 0 aliphatic carbocycles. The van der Waals surface area contributed by atoms with E-state index in [1.54, 1.807) is 12.3 Å². The zero-order chi connectivity index (χ0) is 14.5. The summed E-state index contributed by atoms with van der Waals surface area (Å²) in [4.78, 5) is 14.6. The van der Waals surface area contributed by atoms with Gasteiger partial charge in [0.2, 0.25) is 5.88 Å². The Kier molecular flexibility index (Phi) is 5.60. The fraction of sp³-hybridized carbons (Fsp3) is 0.538. The van der Waals surface area contributed by atoms with E-state index < -0.39 is 6.09 Å². The van der Waals surface area contributed by atoms with Crippen LogP contribution in [0, 0.1) is 5.41 Å². The number of nitrogens with zero attached hydrogens (tertiary/aromatic N) is 1. The maximum Gasteiger partial charge on any atom is 0.404 e. The van der Waals surface area contributed by atoms with Crippen molar-refractivity contribution in [1.82, 2.24) is 10.3 Å². The first kappa shape index (κ1) is 15.8. The van der Waals surface area contributed by atoms with Crippen molar-refractivity contribution in [3.8, 4) is 5.88 Å². The summed E-state index contributed by atoms with van der Waals surface area (Å²) in [6.07, 6.45) is 1.13. The van der Waals surface area contributed by atoms with Crippen molar-refractivity contribution in [2.24, 2.45) is 5.41 Å². The molecule has 0 aliphatic rings. The summed E-state index contributed by atoms with van der Waals surface area (Å²) in [5.41, 5.74) is -0.102. The summed E-state index contributed by atoms with van der Waals surface area (Å²) in [6, 6.07) is 3.64. The van der Waals surface area contributed by atoms with Gasteiger partial charge in [-0.05, 0) is 27.4 Å². The van der Waals surface area contributed by atoms with Crippen LogP contribution in [0.25, 0.3) is 0 Å². The second kappa shape index (κ2) is 6.75. The van der Waals surface area contributed by atoms with Crippen LogP contribution >= 0.6 is 15.9 Å². The maximum absolute atomic E-state index is 10.5. The number of nitrogens with one attached hydrogen (secondary N) is 1. The molecule has 5 nitrogen and oxygen atoms in total. The third-order valence-electron chi connectivity index (χ3n) is 2.61. The highest BCUT2D eigenvalue weighted by molar-refractivity contribution is 9.10. The van der Waals surface area contributed by atoms with Crippen LogP contribution in [0.1, 0.15) is 27.2 Å². The number of carbonyl (C=O) groups is 1. The van der Waals surface area contributed by atoms with Crippen molar-refractivity contribution in [3.05, 3.63) is 22.8 Å². The Morgan fingerprint density at radius 3 is 2.68 bits per heavy atom. The Bertz CT molecular complexity index is 415. The Hall–Kier alpha value is -1.30. The zero-order valence-corrected chi connectivity index (χ0v) is 12.9. The number of rotatable bonds is 5. The van der Waals surface area contributed by atoms with Crippen LogP contribution in [-0.4, -0.2) is 28.8 Å². The van der Waals surface area contributed by atoms with Gasteiger partial charge in [0.15, 0.2) is 0 Å². The van der Waals surface area contributed by atoms with Crippen molar-refractivity contribution in [3.63, 3.8) is 0 Å². The Labute approximate surface area is 121 Å². The molecule has 1 unspecified atom stereocenters. The van der Waals surface area contributed by atoms with E-state index in [4.69, 9.17) is 9.84 Å². The van der Waals surface area contributed by atoms with Gasteiger partial charge in [0.1, 0.15) is 6.10 Å². The van der Waals surface area contributed by atoms with Gasteiger partial charge in [0.05, 0.1) is 0 Å². The molecular formula is C13H19BrN2O3. The standard InChI is InChI=1S/C13H19BrN2O3/c1-13(2,3)10(6-7-15-12(17)18)19-11-5-4-9(14)8-16-11/h4-5,8,10,15H,6-7H2,1-3H3,(H,17,18). The molecule has 19 heavy (non-hydrogen) atoms. The van der Waals surface area contributed by atoms with Gasteiger partial charge in [-0.15, -0.1) is 0 Å². The highest BCUT2D eigenvalue weighted by Gasteiger charge is 2.26. The number of hydrogen-bond acceptors (Lipinski definition) is 3. The molecule has 1 amide bonds. The predicted molar refractivity (Wildman–Crippen MR) is 76.5 cm³/mol. The largest absolute Gasteiger partial charge is 0.474 e. The molecule has 0 bridgehead atoms. The average molecular weight is 331 g/mol. The SMILES string of the molecule is CC(C)(C)C(CCNC(=O)O)Oc1ccc(Br)cn1. The Morgan fingerprint density at radius 2 is 2.21 bits per heavy atom. The zero-order valence-electron chi connectivity index (χ0n) is 11.3. The second-order valence-corrected chi connectivity index (χ2v) is 6.22. The fourth-order valence-electron chi connectivity index (χ4n) is 1.56. The van der Waals surface area contributed by atoms with Crippen LogP contribution in [0.2, 0.25) is 0 Å². The quantitative estimate of drug-likeness (QED) is 0.868. The maximum atomic E-state index is 10.5. The molecular weight excluding hydrogens is 312 g/mol. The Morgan fingerprint density at radius 1 is 1.53 bits per heavy atom. The summed E-state index contributed by atoms with van der Waals surface area (Å²) >= 11 is 3.32. The molecule has 0 fully saturated rings. The smallest absolute Gasteiger partial charge is 0.404 e. The molecule has 0 saturated carbocycles. The lowest BCUT2D eigenvalue weighted by Gasteiger charge is -2.30. The predicted octanol–water partition coefficient (Wildman–Crippen LogP) is 3.30. The van der Waals surface area contributed by atoms with Crippen LogP contribution in [-0.2, 0) is 0 Å². The van der Waals surface area contributed by atoms with Gasteiger partial charge >= 0.3 is 6.09 Å². The molecule has 0 spiro atoms. The van der Waals surface area contributed by atoms with E-state index in [9.17, 15) is 4.79 Å². The van der Waals surface area contributed by atoms with E-state index in [0.717, 1.165) is 4.47 Å². The van der Waals surface area contributed by atoms with Crippen molar-refractivity contribution in [1.29, 1.82) is 0 Å². The molecule has 0 aliphatic heterocycles. The van der Waals surface area contributed by atoms with E-state index >= 15 is 0 Å². The van der Waals surface area contributed by atoms with Crippen molar-refractivity contribution in [2.75, 3.05) is 6.54 Å². The summed E-state index contributed by atoms with van der Waals surface area (Å²) in [6.45, 7) is 6.51. The molecule has 0 radical (unpaired) electrons. The molecule has 0 saturated heterocycles.